The third-order valence-electron chi connectivity index (χ3n) is 2.94. The van der Waals surface area contributed by atoms with E-state index in [-0.39, 0.29) is 5.92 Å². The Kier molecular flexibility index (Phi) is 3.67. The highest BCUT2D eigenvalue weighted by Crippen LogP contribution is 2.41. The average Bonchev–Trinajstić information content (AvgIpc) is 2.41. The molecule has 1 heterocycles. The van der Waals surface area contributed by atoms with Crippen molar-refractivity contribution in [1.29, 1.82) is 0 Å². The Bertz CT molecular complexity index is 395. The zero-order valence-corrected chi connectivity index (χ0v) is 10.9. The molecular weight excluding hydrogens is 244 g/mol. The molecule has 0 bridgehead atoms. The van der Waals surface area contributed by atoms with Crippen molar-refractivity contribution in [3.8, 4) is 5.75 Å². The van der Waals surface area contributed by atoms with Gasteiger partial charge in [0.25, 0.3) is 0 Å². The van der Waals surface area contributed by atoms with E-state index in [9.17, 15) is 5.11 Å². The standard InChI is InChI=1S/C12H15ClO2S/c1-7-5-16-6-8-10(15-2)4-3-9(13)11(8)12(7)14/h3-4,7,12,14H,5-6H2,1-2H3. The SMILES string of the molecule is COc1ccc(Cl)c2c1CSCC(C)C2O. The van der Waals surface area contributed by atoms with Crippen molar-refractivity contribution in [3.63, 3.8) is 0 Å². The first kappa shape index (κ1) is 12.1. The summed E-state index contributed by atoms with van der Waals surface area (Å²) in [5.41, 5.74) is 1.88. The molecule has 0 amide bonds. The van der Waals surface area contributed by atoms with Gasteiger partial charge in [-0.25, -0.2) is 0 Å². The van der Waals surface area contributed by atoms with Gasteiger partial charge in [-0.1, -0.05) is 18.5 Å². The predicted octanol–water partition coefficient (Wildman–Crippen LogP) is 3.26. The van der Waals surface area contributed by atoms with E-state index in [1.165, 1.54) is 0 Å². The molecule has 1 aliphatic heterocycles. The van der Waals surface area contributed by atoms with E-state index in [0.717, 1.165) is 28.4 Å². The average molecular weight is 259 g/mol. The number of halogens is 1. The summed E-state index contributed by atoms with van der Waals surface area (Å²) in [7, 11) is 1.65. The van der Waals surface area contributed by atoms with Crippen LogP contribution in [0.1, 0.15) is 24.2 Å². The smallest absolute Gasteiger partial charge is 0.123 e. The first-order chi connectivity index (χ1) is 7.65. The maximum atomic E-state index is 10.3. The number of methoxy groups -OCH3 is 1. The first-order valence-electron chi connectivity index (χ1n) is 5.26. The predicted molar refractivity (Wildman–Crippen MR) is 68.3 cm³/mol. The van der Waals surface area contributed by atoms with Crippen molar-refractivity contribution in [1.82, 2.24) is 0 Å². The molecule has 1 aliphatic rings. The van der Waals surface area contributed by atoms with Crippen molar-refractivity contribution in [2.24, 2.45) is 5.92 Å². The number of fused-ring (bicyclic) bond motifs is 1. The highest BCUT2D eigenvalue weighted by Gasteiger charge is 2.27. The molecule has 1 N–H and O–H groups in total. The van der Waals surface area contributed by atoms with E-state index in [2.05, 4.69) is 0 Å². The highest BCUT2D eigenvalue weighted by atomic mass is 35.5. The fourth-order valence-corrected chi connectivity index (χ4v) is 3.46. The number of rotatable bonds is 1. The number of benzene rings is 1. The van der Waals surface area contributed by atoms with Crippen LogP contribution in [-0.2, 0) is 5.75 Å². The Hall–Kier alpha value is -0.380. The minimum Gasteiger partial charge on any atom is -0.496 e. The third kappa shape index (κ3) is 2.04. The highest BCUT2D eigenvalue weighted by molar-refractivity contribution is 7.98. The summed E-state index contributed by atoms with van der Waals surface area (Å²) in [6.07, 6.45) is -0.493. The maximum Gasteiger partial charge on any atom is 0.123 e. The van der Waals surface area contributed by atoms with Crippen LogP contribution in [0.5, 0.6) is 5.75 Å². The number of aliphatic hydroxyl groups is 1. The van der Waals surface area contributed by atoms with Crippen molar-refractivity contribution in [2.75, 3.05) is 12.9 Å². The normalized spacial score (nSPS) is 24.8. The van der Waals surface area contributed by atoms with Gasteiger partial charge in [-0.15, -0.1) is 0 Å². The molecule has 88 valence electrons. The molecule has 2 unspecified atom stereocenters. The molecule has 1 aromatic carbocycles. The van der Waals surface area contributed by atoms with Gasteiger partial charge in [-0.05, 0) is 23.8 Å². The second-order valence-electron chi connectivity index (χ2n) is 4.08. The monoisotopic (exact) mass is 258 g/mol. The van der Waals surface area contributed by atoms with E-state index >= 15 is 0 Å². The topological polar surface area (TPSA) is 29.5 Å². The molecule has 2 nitrogen and oxygen atoms in total. The second kappa shape index (κ2) is 4.86. The van der Waals surface area contributed by atoms with Crippen LogP contribution in [0.2, 0.25) is 5.02 Å². The van der Waals surface area contributed by atoms with Gasteiger partial charge in [0, 0.05) is 21.9 Å². The van der Waals surface area contributed by atoms with Crippen LogP contribution >= 0.6 is 23.4 Å². The quantitative estimate of drug-likeness (QED) is 0.838. The van der Waals surface area contributed by atoms with Crippen LogP contribution in [0.25, 0.3) is 0 Å². The van der Waals surface area contributed by atoms with Crippen molar-refractivity contribution < 1.29 is 9.84 Å². The third-order valence-corrected chi connectivity index (χ3v) is 4.53. The number of hydrogen-bond donors (Lipinski definition) is 1. The van der Waals surface area contributed by atoms with Crippen LogP contribution in [0, 0.1) is 5.92 Å². The lowest BCUT2D eigenvalue weighted by Crippen LogP contribution is -2.11. The summed E-state index contributed by atoms with van der Waals surface area (Å²) in [5, 5.41) is 10.9. The number of thioether (sulfide) groups is 1. The summed E-state index contributed by atoms with van der Waals surface area (Å²) in [6, 6.07) is 3.66. The molecule has 0 saturated heterocycles. The van der Waals surface area contributed by atoms with E-state index in [4.69, 9.17) is 16.3 Å². The number of hydrogen-bond acceptors (Lipinski definition) is 3. The summed E-state index contributed by atoms with van der Waals surface area (Å²) >= 11 is 7.99. The van der Waals surface area contributed by atoms with Gasteiger partial charge < -0.3 is 9.84 Å². The molecule has 1 aromatic rings. The van der Waals surface area contributed by atoms with Gasteiger partial charge >= 0.3 is 0 Å². The molecule has 0 aliphatic carbocycles. The first-order valence-corrected chi connectivity index (χ1v) is 6.79. The molecule has 0 spiro atoms. The summed E-state index contributed by atoms with van der Waals surface area (Å²) in [5.74, 6) is 2.83. The largest absolute Gasteiger partial charge is 0.496 e. The van der Waals surface area contributed by atoms with Crippen LogP contribution in [0.3, 0.4) is 0 Å². The van der Waals surface area contributed by atoms with Crippen molar-refractivity contribution >= 4 is 23.4 Å². The molecule has 0 aromatic heterocycles. The molecular formula is C12H15ClO2S. The summed E-state index contributed by atoms with van der Waals surface area (Å²) < 4.78 is 5.32. The molecule has 0 saturated carbocycles. The molecule has 0 fully saturated rings. The van der Waals surface area contributed by atoms with Gasteiger partial charge in [-0.3, -0.25) is 0 Å². The summed E-state index contributed by atoms with van der Waals surface area (Å²) in [4.78, 5) is 0. The van der Waals surface area contributed by atoms with Crippen LogP contribution in [0.15, 0.2) is 12.1 Å². The van der Waals surface area contributed by atoms with E-state index in [1.807, 2.05) is 24.8 Å². The lowest BCUT2D eigenvalue weighted by Gasteiger charge is -2.19. The van der Waals surface area contributed by atoms with Gasteiger partial charge in [0.15, 0.2) is 0 Å². The van der Waals surface area contributed by atoms with Crippen LogP contribution in [0.4, 0.5) is 0 Å². The zero-order chi connectivity index (χ0) is 11.7. The summed E-state index contributed by atoms with van der Waals surface area (Å²) in [6.45, 7) is 2.04. The Balaban J connectivity index is 2.57. The molecule has 2 rings (SSSR count). The maximum absolute atomic E-state index is 10.3. The second-order valence-corrected chi connectivity index (χ2v) is 5.52. The van der Waals surface area contributed by atoms with Gasteiger partial charge in [-0.2, -0.15) is 11.8 Å². The van der Waals surface area contributed by atoms with Gasteiger partial charge in [0.2, 0.25) is 0 Å². The van der Waals surface area contributed by atoms with Gasteiger partial charge in [0.1, 0.15) is 5.75 Å². The fraction of sp³-hybridized carbons (Fsp3) is 0.500. The fourth-order valence-electron chi connectivity index (χ4n) is 2.00. The molecule has 2 atom stereocenters. The minimum absolute atomic E-state index is 0.218. The van der Waals surface area contributed by atoms with Crippen LogP contribution < -0.4 is 4.74 Å². The Labute approximate surface area is 105 Å². The molecule has 16 heavy (non-hydrogen) atoms. The van der Waals surface area contributed by atoms with Crippen molar-refractivity contribution in [3.05, 3.63) is 28.3 Å². The lowest BCUT2D eigenvalue weighted by molar-refractivity contribution is 0.129. The Morgan fingerprint density at radius 2 is 2.25 bits per heavy atom. The molecule has 0 radical (unpaired) electrons. The van der Waals surface area contributed by atoms with E-state index < -0.39 is 6.10 Å². The number of aliphatic hydroxyl groups excluding tert-OH is 1. The zero-order valence-electron chi connectivity index (χ0n) is 9.37. The lowest BCUT2D eigenvalue weighted by atomic mass is 9.95. The molecule has 4 heteroatoms. The van der Waals surface area contributed by atoms with Crippen LogP contribution in [-0.4, -0.2) is 18.0 Å². The number of ether oxygens (including phenoxy) is 1. The minimum atomic E-state index is -0.493. The van der Waals surface area contributed by atoms with E-state index in [0.29, 0.717) is 5.02 Å². The van der Waals surface area contributed by atoms with Gasteiger partial charge in [0.05, 0.1) is 13.2 Å². The Morgan fingerprint density at radius 3 is 2.94 bits per heavy atom. The van der Waals surface area contributed by atoms with E-state index in [1.54, 1.807) is 13.2 Å². The Morgan fingerprint density at radius 1 is 1.50 bits per heavy atom. The van der Waals surface area contributed by atoms with Crippen molar-refractivity contribution in [2.45, 2.75) is 18.8 Å².